The molecule has 0 spiro atoms. The number of likely N-dealkylation sites (N-methyl/N-ethyl adjacent to an activating group) is 2. The summed E-state index contributed by atoms with van der Waals surface area (Å²) in [5.41, 5.74) is 5.88. The van der Waals surface area contributed by atoms with Crippen LogP contribution in [0.1, 0.15) is 24.4 Å². The van der Waals surface area contributed by atoms with Crippen LogP contribution in [0.4, 0.5) is 8.78 Å². The normalized spacial score (nSPS) is 22.2. The highest BCUT2D eigenvalue weighted by atomic mass is 19.1. The first-order valence-corrected chi connectivity index (χ1v) is 7.09. The Balaban J connectivity index is 2.23. The molecule has 1 aromatic rings. The molecule has 112 valence electrons. The van der Waals surface area contributed by atoms with Gasteiger partial charge >= 0.3 is 0 Å². The van der Waals surface area contributed by atoms with Crippen LogP contribution in [-0.4, -0.2) is 49.6 Å². The van der Waals surface area contributed by atoms with E-state index in [1.807, 2.05) is 11.9 Å². The molecule has 2 rings (SSSR count). The Kier molecular flexibility index (Phi) is 5.07. The smallest absolute Gasteiger partial charge is 0.130 e. The van der Waals surface area contributed by atoms with Gasteiger partial charge in [-0.15, -0.1) is 0 Å². The number of nitrogens with zero attached hydrogens (tertiary/aromatic N) is 2. The Morgan fingerprint density at radius 2 is 2.05 bits per heavy atom. The summed E-state index contributed by atoms with van der Waals surface area (Å²) in [6.45, 7) is 2.18. The van der Waals surface area contributed by atoms with E-state index in [1.54, 1.807) is 0 Å². The van der Waals surface area contributed by atoms with Gasteiger partial charge in [0.25, 0.3) is 0 Å². The highest BCUT2D eigenvalue weighted by Crippen LogP contribution is 2.28. The third-order valence-corrected chi connectivity index (χ3v) is 4.22. The van der Waals surface area contributed by atoms with Gasteiger partial charge in [-0.1, -0.05) is 6.07 Å². The highest BCUT2D eigenvalue weighted by Gasteiger charge is 2.29. The van der Waals surface area contributed by atoms with Crippen LogP contribution < -0.4 is 5.73 Å². The molecular formula is C15H23F2N3. The molecule has 0 bridgehead atoms. The lowest BCUT2D eigenvalue weighted by Gasteiger charge is -2.40. The molecule has 3 nitrogen and oxygen atoms in total. The van der Waals surface area contributed by atoms with E-state index in [4.69, 9.17) is 5.73 Å². The fourth-order valence-corrected chi connectivity index (χ4v) is 3.04. The SMILES string of the molecule is CN1CCCC(N(C)C(CN)c2c(F)cccc2F)C1. The summed E-state index contributed by atoms with van der Waals surface area (Å²) < 4.78 is 27.9. The number of likely N-dealkylation sites (tertiary alicyclic amines) is 1. The Hall–Kier alpha value is -1.04. The van der Waals surface area contributed by atoms with Gasteiger partial charge in [-0.3, -0.25) is 4.90 Å². The summed E-state index contributed by atoms with van der Waals surface area (Å²) >= 11 is 0. The third kappa shape index (κ3) is 3.16. The maximum atomic E-state index is 14.0. The zero-order valence-electron chi connectivity index (χ0n) is 12.1. The molecule has 1 heterocycles. The van der Waals surface area contributed by atoms with Gasteiger partial charge < -0.3 is 10.6 Å². The number of hydrogen-bond donors (Lipinski definition) is 1. The van der Waals surface area contributed by atoms with Gasteiger partial charge in [-0.25, -0.2) is 8.78 Å². The van der Waals surface area contributed by atoms with Crippen molar-refractivity contribution in [1.82, 2.24) is 9.80 Å². The number of halogens is 2. The van der Waals surface area contributed by atoms with Crippen molar-refractivity contribution in [2.24, 2.45) is 5.73 Å². The lowest BCUT2D eigenvalue weighted by Crippen LogP contribution is -2.48. The fourth-order valence-electron chi connectivity index (χ4n) is 3.04. The number of nitrogens with two attached hydrogens (primary N) is 1. The van der Waals surface area contributed by atoms with Crippen LogP contribution in [0.5, 0.6) is 0 Å². The van der Waals surface area contributed by atoms with E-state index in [0.29, 0.717) is 0 Å². The first-order valence-electron chi connectivity index (χ1n) is 7.09. The van der Waals surface area contributed by atoms with E-state index in [1.165, 1.54) is 18.2 Å². The van der Waals surface area contributed by atoms with E-state index >= 15 is 0 Å². The Morgan fingerprint density at radius 3 is 2.60 bits per heavy atom. The lowest BCUT2D eigenvalue weighted by molar-refractivity contribution is 0.0980. The molecule has 20 heavy (non-hydrogen) atoms. The minimum absolute atomic E-state index is 0.0886. The van der Waals surface area contributed by atoms with Gasteiger partial charge in [0, 0.05) is 24.7 Å². The van der Waals surface area contributed by atoms with Gasteiger partial charge in [0.2, 0.25) is 0 Å². The Labute approximate surface area is 119 Å². The van der Waals surface area contributed by atoms with E-state index in [0.717, 1.165) is 25.9 Å². The third-order valence-electron chi connectivity index (χ3n) is 4.22. The zero-order valence-corrected chi connectivity index (χ0v) is 12.1. The van der Waals surface area contributed by atoms with Crippen LogP contribution in [0.15, 0.2) is 18.2 Å². The monoisotopic (exact) mass is 283 g/mol. The molecule has 1 aliphatic rings. The molecule has 0 aliphatic carbocycles. The topological polar surface area (TPSA) is 32.5 Å². The lowest BCUT2D eigenvalue weighted by atomic mass is 9.98. The Bertz CT molecular complexity index is 432. The largest absolute Gasteiger partial charge is 0.329 e. The van der Waals surface area contributed by atoms with Crippen LogP contribution in [-0.2, 0) is 0 Å². The fraction of sp³-hybridized carbons (Fsp3) is 0.600. The van der Waals surface area contributed by atoms with E-state index in [2.05, 4.69) is 11.9 Å². The summed E-state index contributed by atoms with van der Waals surface area (Å²) in [7, 11) is 3.98. The molecular weight excluding hydrogens is 260 g/mol. The summed E-state index contributed by atoms with van der Waals surface area (Å²) in [5.74, 6) is -1.03. The van der Waals surface area contributed by atoms with Gasteiger partial charge in [0.15, 0.2) is 0 Å². The molecule has 0 radical (unpaired) electrons. The second-order valence-corrected chi connectivity index (χ2v) is 5.61. The second-order valence-electron chi connectivity index (χ2n) is 5.61. The predicted molar refractivity (Wildman–Crippen MR) is 76.4 cm³/mol. The molecule has 2 atom stereocenters. The highest BCUT2D eigenvalue weighted by molar-refractivity contribution is 5.24. The van der Waals surface area contributed by atoms with Crippen molar-refractivity contribution >= 4 is 0 Å². The van der Waals surface area contributed by atoms with Crippen LogP contribution in [0.25, 0.3) is 0 Å². The van der Waals surface area contributed by atoms with Crippen molar-refractivity contribution in [2.45, 2.75) is 24.9 Å². The molecule has 2 N–H and O–H groups in total. The maximum absolute atomic E-state index is 14.0. The first-order chi connectivity index (χ1) is 9.54. The van der Waals surface area contributed by atoms with E-state index < -0.39 is 17.7 Å². The molecule has 0 amide bonds. The van der Waals surface area contributed by atoms with Gasteiger partial charge in [-0.2, -0.15) is 0 Å². The molecule has 1 fully saturated rings. The van der Waals surface area contributed by atoms with Gasteiger partial charge in [0.1, 0.15) is 11.6 Å². The summed E-state index contributed by atoms with van der Waals surface area (Å²) in [6, 6.07) is 3.83. The number of benzene rings is 1. The molecule has 0 aromatic heterocycles. The predicted octanol–water partition coefficient (Wildman–Crippen LogP) is 1.99. The van der Waals surface area contributed by atoms with Crippen LogP contribution in [0.2, 0.25) is 0 Å². The molecule has 5 heteroatoms. The van der Waals surface area contributed by atoms with Gasteiger partial charge in [0.05, 0.1) is 6.04 Å². The van der Waals surface area contributed by atoms with E-state index in [9.17, 15) is 8.78 Å². The summed E-state index contributed by atoms with van der Waals surface area (Å²) in [6.07, 6.45) is 2.13. The van der Waals surface area contributed by atoms with E-state index in [-0.39, 0.29) is 18.2 Å². The summed E-state index contributed by atoms with van der Waals surface area (Å²) in [5, 5.41) is 0. The van der Waals surface area contributed by atoms with Crippen molar-refractivity contribution in [1.29, 1.82) is 0 Å². The number of hydrogen-bond acceptors (Lipinski definition) is 3. The van der Waals surface area contributed by atoms with Crippen molar-refractivity contribution in [3.63, 3.8) is 0 Å². The Morgan fingerprint density at radius 1 is 1.40 bits per heavy atom. The quantitative estimate of drug-likeness (QED) is 0.917. The molecule has 0 saturated carbocycles. The number of rotatable bonds is 4. The zero-order chi connectivity index (χ0) is 14.7. The standard InChI is InChI=1S/C15H23F2N3/c1-19-8-4-5-11(10-19)20(2)14(9-18)15-12(16)6-3-7-13(15)17/h3,6-7,11,14H,4-5,8-10,18H2,1-2H3. The minimum atomic E-state index is -0.517. The molecule has 1 aromatic carbocycles. The maximum Gasteiger partial charge on any atom is 0.130 e. The minimum Gasteiger partial charge on any atom is -0.329 e. The number of piperidine rings is 1. The molecule has 1 aliphatic heterocycles. The average molecular weight is 283 g/mol. The van der Waals surface area contributed by atoms with Crippen LogP contribution in [0.3, 0.4) is 0 Å². The van der Waals surface area contributed by atoms with Crippen molar-refractivity contribution < 1.29 is 8.78 Å². The molecule has 1 saturated heterocycles. The molecule has 2 unspecified atom stereocenters. The van der Waals surface area contributed by atoms with Crippen LogP contribution >= 0.6 is 0 Å². The van der Waals surface area contributed by atoms with Crippen LogP contribution in [0, 0.1) is 11.6 Å². The second kappa shape index (κ2) is 6.61. The van der Waals surface area contributed by atoms with Crippen molar-refractivity contribution in [3.05, 3.63) is 35.4 Å². The van der Waals surface area contributed by atoms with Gasteiger partial charge in [-0.05, 0) is 45.6 Å². The summed E-state index contributed by atoms with van der Waals surface area (Å²) in [4.78, 5) is 4.27. The first kappa shape index (κ1) is 15.4. The van der Waals surface area contributed by atoms with Crippen molar-refractivity contribution in [2.75, 3.05) is 33.7 Å². The average Bonchev–Trinajstić information content (AvgIpc) is 2.42. The van der Waals surface area contributed by atoms with Crippen molar-refractivity contribution in [3.8, 4) is 0 Å².